The Hall–Kier alpha value is -2.57. The van der Waals surface area contributed by atoms with Gasteiger partial charge in [0.05, 0.1) is 7.11 Å². The molecular weight excluding hydrogens is 351 g/mol. The second-order valence-electron chi connectivity index (χ2n) is 6.46. The van der Waals surface area contributed by atoms with Gasteiger partial charge in [-0.15, -0.1) is 9.24 Å². The van der Waals surface area contributed by atoms with Gasteiger partial charge in [-0.2, -0.15) is 0 Å². The first-order valence-electron chi connectivity index (χ1n) is 9.10. The number of phenols is 1. The van der Waals surface area contributed by atoms with Gasteiger partial charge in [0.25, 0.3) is 0 Å². The van der Waals surface area contributed by atoms with Crippen molar-refractivity contribution in [3.63, 3.8) is 0 Å². The summed E-state index contributed by atoms with van der Waals surface area (Å²) in [4.78, 5) is 0. The van der Waals surface area contributed by atoms with Gasteiger partial charge in [-0.1, -0.05) is 54.6 Å². The number of aryl methyl sites for hydroxylation is 1. The number of ether oxygens (including phenoxy) is 1. The van der Waals surface area contributed by atoms with Crippen LogP contribution in [-0.2, 0) is 6.42 Å². The minimum absolute atomic E-state index is 0.266. The maximum absolute atomic E-state index is 9.52. The monoisotopic (exact) mass is 376 g/mol. The van der Waals surface area contributed by atoms with Crippen molar-refractivity contribution in [2.45, 2.75) is 19.8 Å². The summed E-state index contributed by atoms with van der Waals surface area (Å²) in [6.45, 7) is 2.05. The molecule has 3 aromatic carbocycles. The number of methoxy groups -OCH3 is 1. The van der Waals surface area contributed by atoms with Gasteiger partial charge in [0.1, 0.15) is 11.5 Å². The van der Waals surface area contributed by atoms with Crippen molar-refractivity contribution in [3.05, 3.63) is 78.4 Å². The lowest BCUT2D eigenvalue weighted by atomic mass is 9.97. The topological polar surface area (TPSA) is 29.5 Å². The van der Waals surface area contributed by atoms with E-state index in [4.69, 9.17) is 4.74 Å². The van der Waals surface area contributed by atoms with Crippen molar-refractivity contribution >= 4 is 14.5 Å². The Morgan fingerprint density at radius 3 is 2.11 bits per heavy atom. The van der Waals surface area contributed by atoms with Gasteiger partial charge in [0, 0.05) is 10.9 Å². The van der Waals surface area contributed by atoms with E-state index in [0.717, 1.165) is 46.1 Å². The van der Waals surface area contributed by atoms with Gasteiger partial charge in [-0.25, -0.2) is 0 Å². The van der Waals surface area contributed by atoms with Crippen molar-refractivity contribution in [1.82, 2.24) is 0 Å². The number of hydrogen-bond acceptors (Lipinski definition) is 2. The Bertz CT molecular complexity index is 926. The van der Waals surface area contributed by atoms with E-state index in [1.807, 2.05) is 12.1 Å². The second kappa shape index (κ2) is 8.88. The van der Waals surface area contributed by atoms with Crippen LogP contribution >= 0.6 is 9.24 Å². The minimum Gasteiger partial charge on any atom is -0.508 e. The van der Waals surface area contributed by atoms with E-state index in [-0.39, 0.29) is 5.75 Å². The summed E-state index contributed by atoms with van der Waals surface area (Å²) in [6.07, 6.45) is 6.40. The van der Waals surface area contributed by atoms with E-state index < -0.39 is 0 Å². The zero-order chi connectivity index (χ0) is 19.2. The number of hydrogen-bond donors (Lipinski definition) is 1. The van der Waals surface area contributed by atoms with Crippen LogP contribution in [0.1, 0.15) is 18.9 Å². The highest BCUT2D eigenvalue weighted by atomic mass is 31.0. The molecule has 0 amide bonds. The fourth-order valence-corrected chi connectivity index (χ4v) is 3.74. The van der Waals surface area contributed by atoms with Crippen LogP contribution < -0.4 is 10.0 Å². The molecule has 0 bridgehead atoms. The van der Waals surface area contributed by atoms with Gasteiger partial charge < -0.3 is 9.84 Å². The van der Waals surface area contributed by atoms with Gasteiger partial charge >= 0.3 is 0 Å². The quantitative estimate of drug-likeness (QED) is 0.439. The van der Waals surface area contributed by atoms with E-state index in [1.165, 1.54) is 5.56 Å². The summed E-state index contributed by atoms with van der Waals surface area (Å²) in [6, 6.07) is 20.1. The number of aromatic hydroxyl groups is 1. The van der Waals surface area contributed by atoms with E-state index in [1.54, 1.807) is 19.2 Å². The molecule has 2 nitrogen and oxygen atoms in total. The first kappa shape index (κ1) is 19.2. The van der Waals surface area contributed by atoms with E-state index in [2.05, 4.69) is 64.7 Å². The Kier molecular flexibility index (Phi) is 6.32. The Morgan fingerprint density at radius 2 is 1.48 bits per heavy atom. The molecule has 3 aromatic rings. The fourth-order valence-electron chi connectivity index (χ4n) is 3.21. The van der Waals surface area contributed by atoms with Crippen LogP contribution in [0.5, 0.6) is 11.5 Å². The molecule has 3 rings (SSSR count). The van der Waals surface area contributed by atoms with Crippen LogP contribution in [0.3, 0.4) is 0 Å². The largest absolute Gasteiger partial charge is 0.508 e. The Morgan fingerprint density at radius 1 is 0.889 bits per heavy atom. The molecule has 1 unspecified atom stereocenters. The zero-order valence-electron chi connectivity index (χ0n) is 15.8. The number of phenolic OH excluding ortho intramolecular Hbond substituents is 1. The SMILES string of the molecule is C/C=C/CCc1ccc(-c2ccc(-c3ccc(O)cc3)c(P)c2OC)cc1. The van der Waals surface area contributed by atoms with Gasteiger partial charge in [0.15, 0.2) is 0 Å². The molecule has 27 heavy (non-hydrogen) atoms. The molecule has 1 N–H and O–H groups in total. The van der Waals surface area contributed by atoms with E-state index in [9.17, 15) is 5.11 Å². The lowest BCUT2D eigenvalue weighted by Crippen LogP contribution is -2.04. The predicted octanol–water partition coefficient (Wildman–Crippen LogP) is 5.74. The van der Waals surface area contributed by atoms with Gasteiger partial charge in [-0.3, -0.25) is 0 Å². The summed E-state index contributed by atoms with van der Waals surface area (Å²) >= 11 is 0. The molecule has 0 saturated heterocycles. The molecular formula is C24H25O2P. The van der Waals surface area contributed by atoms with Crippen LogP contribution in [-0.4, -0.2) is 12.2 Å². The normalized spacial score (nSPS) is 11.1. The number of benzene rings is 3. The van der Waals surface area contributed by atoms with E-state index in [0.29, 0.717) is 0 Å². The smallest absolute Gasteiger partial charge is 0.134 e. The predicted molar refractivity (Wildman–Crippen MR) is 118 cm³/mol. The average molecular weight is 376 g/mol. The summed E-state index contributed by atoms with van der Waals surface area (Å²) in [5, 5.41) is 10.5. The first-order valence-corrected chi connectivity index (χ1v) is 9.68. The highest BCUT2D eigenvalue weighted by Crippen LogP contribution is 2.34. The van der Waals surface area contributed by atoms with Crippen molar-refractivity contribution in [1.29, 1.82) is 0 Å². The molecule has 0 spiro atoms. The molecule has 0 fully saturated rings. The molecule has 1 atom stereocenters. The summed E-state index contributed by atoms with van der Waals surface area (Å²) < 4.78 is 5.75. The summed E-state index contributed by atoms with van der Waals surface area (Å²) in [5.41, 5.74) is 5.67. The van der Waals surface area contributed by atoms with Crippen molar-refractivity contribution in [3.8, 4) is 33.8 Å². The second-order valence-corrected chi connectivity index (χ2v) is 7.04. The third-order valence-electron chi connectivity index (χ3n) is 4.68. The highest BCUT2D eigenvalue weighted by molar-refractivity contribution is 7.28. The minimum atomic E-state index is 0.266. The molecule has 0 radical (unpaired) electrons. The van der Waals surface area contributed by atoms with Crippen molar-refractivity contribution in [2.24, 2.45) is 0 Å². The molecule has 0 aliphatic rings. The van der Waals surface area contributed by atoms with Crippen LogP contribution in [0.2, 0.25) is 0 Å². The maximum atomic E-state index is 9.52. The summed E-state index contributed by atoms with van der Waals surface area (Å²) in [7, 11) is 4.51. The molecule has 0 heterocycles. The van der Waals surface area contributed by atoms with Crippen molar-refractivity contribution in [2.75, 3.05) is 7.11 Å². The zero-order valence-corrected chi connectivity index (χ0v) is 16.9. The number of allylic oxidation sites excluding steroid dienone is 2. The van der Waals surface area contributed by atoms with Crippen LogP contribution in [0.4, 0.5) is 0 Å². The highest BCUT2D eigenvalue weighted by Gasteiger charge is 2.14. The Labute approximate surface area is 163 Å². The fraction of sp³-hybridized carbons (Fsp3) is 0.167. The lowest BCUT2D eigenvalue weighted by Gasteiger charge is -2.16. The lowest BCUT2D eigenvalue weighted by molar-refractivity contribution is 0.420. The number of rotatable bonds is 6. The molecule has 0 aliphatic carbocycles. The third-order valence-corrected chi connectivity index (χ3v) is 5.25. The molecule has 3 heteroatoms. The molecule has 0 saturated carbocycles. The van der Waals surface area contributed by atoms with Crippen LogP contribution in [0.25, 0.3) is 22.3 Å². The molecule has 0 aliphatic heterocycles. The maximum Gasteiger partial charge on any atom is 0.134 e. The first-order chi connectivity index (χ1) is 13.1. The Balaban J connectivity index is 1.94. The van der Waals surface area contributed by atoms with E-state index >= 15 is 0 Å². The standard InChI is InChI=1S/C24H25O2P/c1-3-4-5-6-17-7-9-18(10-8-17)21-15-16-22(24(27)23(21)26-2)19-11-13-20(25)14-12-19/h3-4,7-16,25H,5-6,27H2,1-2H3/b4-3+. The molecule has 138 valence electrons. The van der Waals surface area contributed by atoms with Gasteiger partial charge in [-0.05, 0) is 60.2 Å². The van der Waals surface area contributed by atoms with Crippen molar-refractivity contribution < 1.29 is 9.84 Å². The molecule has 0 aromatic heterocycles. The summed E-state index contributed by atoms with van der Waals surface area (Å²) in [5.74, 6) is 1.12. The van der Waals surface area contributed by atoms with Gasteiger partial charge in [0.2, 0.25) is 0 Å². The van der Waals surface area contributed by atoms with Crippen LogP contribution in [0, 0.1) is 0 Å². The average Bonchev–Trinajstić information content (AvgIpc) is 2.69. The third kappa shape index (κ3) is 4.40. The van der Waals surface area contributed by atoms with Crippen LogP contribution in [0.15, 0.2) is 72.8 Å².